The lowest BCUT2D eigenvalue weighted by molar-refractivity contribution is -0.137. The quantitative estimate of drug-likeness (QED) is 0.700. The molecule has 1 aromatic rings. The smallest absolute Gasteiger partial charge is 0.324 e. The number of benzene rings is 1. The van der Waals surface area contributed by atoms with Gasteiger partial charge in [0.25, 0.3) is 0 Å². The molecule has 0 atom stereocenters. The Bertz CT molecular complexity index is 781. The van der Waals surface area contributed by atoms with Crippen molar-refractivity contribution in [3.8, 4) is 0 Å². The summed E-state index contributed by atoms with van der Waals surface area (Å²) in [4.78, 5) is 27.9. The molecule has 1 saturated carbocycles. The van der Waals surface area contributed by atoms with Gasteiger partial charge in [0.15, 0.2) is 0 Å². The van der Waals surface area contributed by atoms with E-state index in [-0.39, 0.29) is 30.9 Å². The van der Waals surface area contributed by atoms with Crippen LogP contribution in [0.3, 0.4) is 0 Å². The fourth-order valence-electron chi connectivity index (χ4n) is 5.10. The van der Waals surface area contributed by atoms with Gasteiger partial charge in [-0.05, 0) is 87.2 Å². The summed E-state index contributed by atoms with van der Waals surface area (Å²) in [6, 6.07) is 4.46. The first-order valence-electron chi connectivity index (χ1n) is 10.8. The van der Waals surface area contributed by atoms with Gasteiger partial charge in [0.1, 0.15) is 0 Å². The average molecular weight is 456 g/mol. The van der Waals surface area contributed by atoms with E-state index in [1.807, 2.05) is 15.9 Å². The lowest BCUT2D eigenvalue weighted by Crippen LogP contribution is -2.41. The minimum absolute atomic E-state index is 0. The van der Waals surface area contributed by atoms with Gasteiger partial charge in [0.05, 0.1) is 0 Å². The summed E-state index contributed by atoms with van der Waals surface area (Å²) in [5.74, 6) is -0.235. The van der Waals surface area contributed by atoms with Crippen molar-refractivity contribution in [3.05, 3.63) is 28.3 Å². The molecule has 2 N–H and O–H groups in total. The third kappa shape index (κ3) is 5.04. The number of hydrogen-bond acceptors (Lipinski definition) is 3. The standard InChI is InChI=1S/C22H30ClN3O3.ClH/c23-20-14-18(13-16-7-9-24-10-8-19(16)20)26-12-11-25(22(26)29)17-4-1-15(2-5-17)3-6-21(27)28;/h13-15,17,24H,1-12H2,(H,27,28);1H/t15-,17-;. The van der Waals surface area contributed by atoms with Crippen LogP contribution in [0.4, 0.5) is 10.5 Å². The Hall–Kier alpha value is -1.50. The van der Waals surface area contributed by atoms with Gasteiger partial charge in [-0.25, -0.2) is 4.79 Å². The van der Waals surface area contributed by atoms with Gasteiger partial charge in [-0.2, -0.15) is 0 Å². The first-order chi connectivity index (χ1) is 14.0. The first-order valence-corrected chi connectivity index (χ1v) is 11.2. The molecule has 2 amide bonds. The molecule has 3 aliphatic rings. The maximum atomic E-state index is 13.2. The second-order valence-corrected chi connectivity index (χ2v) is 8.96. The summed E-state index contributed by atoms with van der Waals surface area (Å²) in [5, 5.41) is 13.1. The van der Waals surface area contributed by atoms with E-state index in [9.17, 15) is 9.59 Å². The Labute approximate surface area is 189 Å². The molecule has 2 aliphatic heterocycles. The summed E-state index contributed by atoms with van der Waals surface area (Å²) in [6.07, 6.45) is 6.85. The third-order valence-electron chi connectivity index (χ3n) is 6.77. The number of aliphatic carboxylic acids is 1. The van der Waals surface area contributed by atoms with Crippen molar-refractivity contribution >= 4 is 41.7 Å². The van der Waals surface area contributed by atoms with Gasteiger partial charge >= 0.3 is 12.0 Å². The maximum absolute atomic E-state index is 13.2. The van der Waals surface area contributed by atoms with Crippen molar-refractivity contribution in [3.63, 3.8) is 0 Å². The van der Waals surface area contributed by atoms with Crippen molar-refractivity contribution in [2.24, 2.45) is 5.92 Å². The van der Waals surface area contributed by atoms with Crippen LogP contribution in [0.1, 0.15) is 49.7 Å². The van der Waals surface area contributed by atoms with Crippen LogP contribution in [0.25, 0.3) is 0 Å². The number of carbonyl (C=O) groups is 2. The molecule has 0 unspecified atom stereocenters. The predicted molar refractivity (Wildman–Crippen MR) is 121 cm³/mol. The summed E-state index contributed by atoms with van der Waals surface area (Å²) in [6.45, 7) is 3.33. The van der Waals surface area contributed by atoms with Crippen molar-refractivity contribution in [2.45, 2.75) is 57.4 Å². The minimum atomic E-state index is -0.715. The highest BCUT2D eigenvalue weighted by atomic mass is 35.5. The van der Waals surface area contributed by atoms with Gasteiger partial charge in [0.2, 0.25) is 0 Å². The Morgan fingerprint density at radius 2 is 1.87 bits per heavy atom. The number of rotatable bonds is 5. The summed E-state index contributed by atoms with van der Waals surface area (Å²) in [7, 11) is 0. The van der Waals surface area contributed by atoms with Gasteiger partial charge in [-0.15, -0.1) is 12.4 Å². The van der Waals surface area contributed by atoms with Crippen LogP contribution in [-0.2, 0) is 17.6 Å². The van der Waals surface area contributed by atoms with Gasteiger partial charge in [-0.1, -0.05) is 11.6 Å². The average Bonchev–Trinajstić information content (AvgIpc) is 2.93. The molecule has 1 aliphatic carbocycles. The molecule has 0 radical (unpaired) electrons. The predicted octanol–water partition coefficient (Wildman–Crippen LogP) is 4.12. The van der Waals surface area contributed by atoms with Crippen molar-refractivity contribution in [1.29, 1.82) is 0 Å². The Morgan fingerprint density at radius 1 is 1.13 bits per heavy atom. The summed E-state index contributed by atoms with van der Waals surface area (Å²) < 4.78 is 0. The van der Waals surface area contributed by atoms with E-state index in [0.717, 1.165) is 75.3 Å². The highest BCUT2D eigenvalue weighted by molar-refractivity contribution is 6.31. The highest BCUT2D eigenvalue weighted by Gasteiger charge is 2.36. The van der Waals surface area contributed by atoms with E-state index < -0.39 is 5.97 Å². The number of nitrogens with zero attached hydrogens (tertiary/aromatic N) is 2. The van der Waals surface area contributed by atoms with Crippen LogP contribution in [0, 0.1) is 5.92 Å². The zero-order valence-corrected chi connectivity index (χ0v) is 18.8. The van der Waals surface area contributed by atoms with Crippen LogP contribution in [0.15, 0.2) is 12.1 Å². The van der Waals surface area contributed by atoms with Crippen molar-refractivity contribution < 1.29 is 14.7 Å². The molecule has 166 valence electrons. The SMILES string of the molecule is Cl.O=C(O)CC[C@H]1CC[C@H](N2CCN(c3cc(Cl)c4c(c3)CCNCC4)C2=O)CC1. The number of fused-ring (bicyclic) bond motifs is 1. The molecule has 1 saturated heterocycles. The van der Waals surface area contributed by atoms with E-state index in [4.69, 9.17) is 16.7 Å². The van der Waals surface area contributed by atoms with Gasteiger partial charge < -0.3 is 15.3 Å². The molecule has 2 heterocycles. The molecule has 1 aromatic carbocycles. The summed E-state index contributed by atoms with van der Waals surface area (Å²) >= 11 is 6.58. The van der Waals surface area contributed by atoms with Crippen molar-refractivity contribution in [1.82, 2.24) is 10.2 Å². The molecule has 8 heteroatoms. The monoisotopic (exact) mass is 455 g/mol. The van der Waals surface area contributed by atoms with Crippen LogP contribution >= 0.6 is 24.0 Å². The number of carboxylic acids is 1. The molecular formula is C22H31Cl2N3O3. The number of anilines is 1. The van der Waals surface area contributed by atoms with E-state index in [1.165, 1.54) is 11.1 Å². The topological polar surface area (TPSA) is 72.9 Å². The lowest BCUT2D eigenvalue weighted by atomic mass is 9.83. The number of halogens is 2. The number of urea groups is 1. The lowest BCUT2D eigenvalue weighted by Gasteiger charge is -2.34. The van der Waals surface area contributed by atoms with Crippen LogP contribution in [0.2, 0.25) is 5.02 Å². The fraction of sp³-hybridized carbons (Fsp3) is 0.636. The third-order valence-corrected chi connectivity index (χ3v) is 7.11. The number of carboxylic acid groups (broad SMARTS) is 1. The largest absolute Gasteiger partial charge is 0.481 e. The fourth-order valence-corrected chi connectivity index (χ4v) is 5.43. The second-order valence-electron chi connectivity index (χ2n) is 8.55. The molecule has 4 rings (SSSR count). The van der Waals surface area contributed by atoms with E-state index in [0.29, 0.717) is 12.5 Å². The van der Waals surface area contributed by atoms with E-state index in [2.05, 4.69) is 11.4 Å². The molecule has 6 nitrogen and oxygen atoms in total. The molecule has 2 fully saturated rings. The normalized spacial score (nSPS) is 24.2. The number of nitrogens with one attached hydrogen (secondary N) is 1. The number of carbonyl (C=O) groups excluding carboxylic acids is 1. The number of hydrogen-bond donors (Lipinski definition) is 2. The zero-order valence-electron chi connectivity index (χ0n) is 17.2. The zero-order chi connectivity index (χ0) is 20.4. The molecule has 0 aromatic heterocycles. The molecule has 30 heavy (non-hydrogen) atoms. The van der Waals surface area contributed by atoms with Crippen LogP contribution < -0.4 is 10.2 Å². The molecular weight excluding hydrogens is 425 g/mol. The minimum Gasteiger partial charge on any atom is -0.481 e. The Balaban J connectivity index is 0.00000256. The molecule has 0 bridgehead atoms. The maximum Gasteiger partial charge on any atom is 0.324 e. The Kier molecular flexibility index (Phi) is 7.88. The first kappa shape index (κ1) is 23.2. The van der Waals surface area contributed by atoms with Crippen molar-refractivity contribution in [2.75, 3.05) is 31.1 Å². The highest BCUT2D eigenvalue weighted by Crippen LogP contribution is 2.35. The number of amides is 2. The van der Waals surface area contributed by atoms with E-state index >= 15 is 0 Å². The van der Waals surface area contributed by atoms with Gasteiger partial charge in [-0.3, -0.25) is 9.69 Å². The van der Waals surface area contributed by atoms with Crippen LogP contribution in [-0.4, -0.2) is 54.2 Å². The second kappa shape index (κ2) is 10.2. The Morgan fingerprint density at radius 3 is 2.60 bits per heavy atom. The van der Waals surface area contributed by atoms with E-state index in [1.54, 1.807) is 0 Å². The summed E-state index contributed by atoms with van der Waals surface area (Å²) in [5.41, 5.74) is 3.38. The van der Waals surface area contributed by atoms with Gasteiger partial charge in [0, 0.05) is 36.3 Å². The molecule has 0 spiro atoms. The van der Waals surface area contributed by atoms with Crippen LogP contribution in [0.5, 0.6) is 0 Å².